The molecular weight excluding hydrogens is 358 g/mol. The Kier molecular flexibility index (Phi) is 6.52. The first-order valence-corrected chi connectivity index (χ1v) is 7.75. The number of halogens is 1. The second-order valence-corrected chi connectivity index (χ2v) is 5.42. The van der Waals surface area contributed by atoms with Gasteiger partial charge in [0.15, 0.2) is 0 Å². The maximum absolute atomic E-state index is 11.5. The minimum atomic E-state index is -0.489. The molecule has 118 valence electrons. The summed E-state index contributed by atoms with van der Waals surface area (Å²) in [5, 5.41) is 2.59. The predicted molar refractivity (Wildman–Crippen MR) is 92.2 cm³/mol. The van der Waals surface area contributed by atoms with Gasteiger partial charge in [0, 0.05) is 5.56 Å². The second kappa shape index (κ2) is 8.86. The van der Waals surface area contributed by atoms with Crippen molar-refractivity contribution in [2.24, 2.45) is 0 Å². The number of ether oxygens (including phenoxy) is 2. The van der Waals surface area contributed by atoms with Gasteiger partial charge in [0.2, 0.25) is 0 Å². The van der Waals surface area contributed by atoms with Crippen molar-refractivity contribution in [2.45, 2.75) is 6.61 Å². The van der Waals surface area contributed by atoms with Crippen LogP contribution in [0.5, 0.6) is 5.75 Å². The Labute approximate surface area is 143 Å². The molecule has 0 unspecified atom stereocenters. The van der Waals surface area contributed by atoms with E-state index in [0.717, 1.165) is 15.6 Å². The van der Waals surface area contributed by atoms with E-state index >= 15 is 0 Å². The summed E-state index contributed by atoms with van der Waals surface area (Å²) < 4.78 is 11.2. The molecule has 0 aliphatic carbocycles. The lowest BCUT2D eigenvalue weighted by Crippen LogP contribution is -2.24. The third-order valence-corrected chi connectivity index (χ3v) is 3.57. The van der Waals surface area contributed by atoms with Crippen molar-refractivity contribution in [3.8, 4) is 17.6 Å². The van der Waals surface area contributed by atoms with E-state index in [1.165, 1.54) is 0 Å². The van der Waals surface area contributed by atoms with E-state index < -0.39 is 6.09 Å². The van der Waals surface area contributed by atoms with Gasteiger partial charge in [-0.15, -0.1) is 0 Å². The number of rotatable bonds is 4. The summed E-state index contributed by atoms with van der Waals surface area (Å²) in [6.45, 7) is 0.454. The lowest BCUT2D eigenvalue weighted by atomic mass is 10.2. The molecule has 1 N–H and O–H groups in total. The van der Waals surface area contributed by atoms with E-state index in [-0.39, 0.29) is 13.2 Å². The minimum Gasteiger partial charge on any atom is -0.496 e. The van der Waals surface area contributed by atoms with Crippen LogP contribution in [0.15, 0.2) is 53.0 Å². The normalized spacial score (nSPS) is 9.48. The lowest BCUT2D eigenvalue weighted by molar-refractivity contribution is 0.141. The summed E-state index contributed by atoms with van der Waals surface area (Å²) in [6.07, 6.45) is -0.489. The van der Waals surface area contributed by atoms with E-state index in [0.29, 0.717) is 5.75 Å². The van der Waals surface area contributed by atoms with E-state index in [9.17, 15) is 4.79 Å². The summed E-state index contributed by atoms with van der Waals surface area (Å²) >= 11 is 3.38. The van der Waals surface area contributed by atoms with Crippen LogP contribution in [0.2, 0.25) is 0 Å². The number of carbonyl (C=O) groups is 1. The average Bonchev–Trinajstić information content (AvgIpc) is 2.59. The van der Waals surface area contributed by atoms with Gasteiger partial charge in [-0.3, -0.25) is 0 Å². The van der Waals surface area contributed by atoms with Gasteiger partial charge in [-0.05, 0) is 39.7 Å². The van der Waals surface area contributed by atoms with Gasteiger partial charge >= 0.3 is 6.09 Å². The fourth-order valence-corrected chi connectivity index (χ4v) is 2.18. The van der Waals surface area contributed by atoms with Crippen molar-refractivity contribution in [2.75, 3.05) is 13.7 Å². The second-order valence-electron chi connectivity index (χ2n) is 4.57. The van der Waals surface area contributed by atoms with Gasteiger partial charge in [-0.1, -0.05) is 42.2 Å². The van der Waals surface area contributed by atoms with Crippen LogP contribution in [0.25, 0.3) is 0 Å². The molecule has 0 atom stereocenters. The molecule has 1 amide bonds. The molecule has 0 heterocycles. The first kappa shape index (κ1) is 16.9. The molecule has 0 radical (unpaired) electrons. The summed E-state index contributed by atoms with van der Waals surface area (Å²) in [7, 11) is 1.60. The molecule has 0 aliphatic heterocycles. The molecule has 0 saturated carbocycles. The third-order valence-electron chi connectivity index (χ3n) is 2.92. The monoisotopic (exact) mass is 373 g/mol. The number of hydrogen-bond donors (Lipinski definition) is 1. The quantitative estimate of drug-likeness (QED) is 0.830. The molecule has 0 fully saturated rings. The summed E-state index contributed by atoms with van der Waals surface area (Å²) in [5.74, 6) is 6.54. The molecule has 0 saturated heterocycles. The highest BCUT2D eigenvalue weighted by atomic mass is 79.9. The first-order chi connectivity index (χ1) is 11.2. The number of alkyl carbamates (subject to hydrolysis) is 1. The summed E-state index contributed by atoms with van der Waals surface area (Å²) in [5.41, 5.74) is 1.75. The Bertz CT molecular complexity index is 720. The molecule has 2 aromatic rings. The maximum atomic E-state index is 11.5. The van der Waals surface area contributed by atoms with Crippen molar-refractivity contribution < 1.29 is 14.3 Å². The van der Waals surface area contributed by atoms with Crippen molar-refractivity contribution >= 4 is 22.0 Å². The topological polar surface area (TPSA) is 47.6 Å². The van der Waals surface area contributed by atoms with Crippen molar-refractivity contribution in [1.29, 1.82) is 0 Å². The van der Waals surface area contributed by atoms with Crippen LogP contribution in [-0.2, 0) is 11.3 Å². The molecule has 2 rings (SSSR count). The van der Waals surface area contributed by atoms with Gasteiger partial charge < -0.3 is 14.8 Å². The molecule has 4 nitrogen and oxygen atoms in total. The highest BCUT2D eigenvalue weighted by molar-refractivity contribution is 9.10. The van der Waals surface area contributed by atoms with E-state index in [4.69, 9.17) is 9.47 Å². The van der Waals surface area contributed by atoms with E-state index in [1.54, 1.807) is 7.11 Å². The highest BCUT2D eigenvalue weighted by Crippen LogP contribution is 2.25. The molecule has 23 heavy (non-hydrogen) atoms. The maximum Gasteiger partial charge on any atom is 0.408 e. The van der Waals surface area contributed by atoms with Gasteiger partial charge in [0.25, 0.3) is 0 Å². The van der Waals surface area contributed by atoms with E-state index in [1.807, 2.05) is 48.5 Å². The number of methoxy groups -OCH3 is 1. The zero-order valence-electron chi connectivity index (χ0n) is 12.6. The van der Waals surface area contributed by atoms with Crippen LogP contribution in [0, 0.1) is 11.8 Å². The summed E-state index contributed by atoms with van der Waals surface area (Å²) in [4.78, 5) is 11.5. The number of carbonyl (C=O) groups excluding carboxylic acids is 1. The fraction of sp³-hybridized carbons (Fsp3) is 0.167. The van der Waals surface area contributed by atoms with Gasteiger partial charge in [0.1, 0.15) is 12.4 Å². The minimum absolute atomic E-state index is 0.214. The average molecular weight is 374 g/mol. The molecule has 2 aromatic carbocycles. The number of hydrogen-bond acceptors (Lipinski definition) is 3. The largest absolute Gasteiger partial charge is 0.496 e. The van der Waals surface area contributed by atoms with Gasteiger partial charge in [-0.25, -0.2) is 4.79 Å². The van der Waals surface area contributed by atoms with Crippen LogP contribution < -0.4 is 10.1 Å². The highest BCUT2D eigenvalue weighted by Gasteiger charge is 2.01. The molecule has 5 heteroatoms. The van der Waals surface area contributed by atoms with Crippen LogP contribution in [0.1, 0.15) is 11.1 Å². The van der Waals surface area contributed by atoms with Crippen molar-refractivity contribution in [3.63, 3.8) is 0 Å². The zero-order chi connectivity index (χ0) is 16.5. The van der Waals surface area contributed by atoms with Crippen LogP contribution in [0.3, 0.4) is 0 Å². The Hall–Kier alpha value is -2.45. The first-order valence-electron chi connectivity index (χ1n) is 6.96. The van der Waals surface area contributed by atoms with Gasteiger partial charge in [-0.2, -0.15) is 0 Å². The van der Waals surface area contributed by atoms with Crippen molar-refractivity contribution in [1.82, 2.24) is 5.32 Å². The van der Waals surface area contributed by atoms with Crippen LogP contribution in [0.4, 0.5) is 4.79 Å². The third kappa shape index (κ3) is 5.68. The summed E-state index contributed by atoms with van der Waals surface area (Å²) in [6, 6.07) is 15.1. The Morgan fingerprint density at radius 2 is 2.00 bits per heavy atom. The smallest absolute Gasteiger partial charge is 0.408 e. The number of amides is 1. The molecular formula is C18H16BrNO3. The van der Waals surface area contributed by atoms with E-state index in [2.05, 4.69) is 33.1 Å². The molecule has 0 bridgehead atoms. The standard InChI is InChI=1S/C18H16BrNO3/c1-22-17-12-14(9-10-16(17)19)8-5-11-20-18(21)23-13-15-6-3-2-4-7-15/h2-4,6-7,9-10,12H,11,13H2,1H3,(H,20,21). The van der Waals surface area contributed by atoms with Crippen LogP contribution >= 0.6 is 15.9 Å². The molecule has 0 spiro atoms. The predicted octanol–water partition coefficient (Wildman–Crippen LogP) is 3.74. The Balaban J connectivity index is 1.77. The fourth-order valence-electron chi connectivity index (χ4n) is 1.77. The zero-order valence-corrected chi connectivity index (χ0v) is 14.2. The Morgan fingerprint density at radius 1 is 1.22 bits per heavy atom. The molecule has 0 aliphatic rings. The molecule has 0 aromatic heterocycles. The van der Waals surface area contributed by atoms with Crippen molar-refractivity contribution in [3.05, 3.63) is 64.1 Å². The van der Waals surface area contributed by atoms with Crippen LogP contribution in [-0.4, -0.2) is 19.7 Å². The SMILES string of the molecule is COc1cc(C#CCNC(=O)OCc2ccccc2)ccc1Br. The Morgan fingerprint density at radius 3 is 2.74 bits per heavy atom. The lowest BCUT2D eigenvalue weighted by Gasteiger charge is -2.04. The number of benzene rings is 2. The van der Waals surface area contributed by atoms with Gasteiger partial charge in [0.05, 0.1) is 18.1 Å². The number of nitrogens with one attached hydrogen (secondary N) is 1.